The Bertz CT molecular complexity index is 954. The van der Waals surface area contributed by atoms with Crippen LogP contribution in [0.1, 0.15) is 6.92 Å². The SMILES string of the molecule is CCOc1ccc2nc(NS(=O)(=O)c3cccc(F)c3)sc2c1. The second kappa shape index (κ2) is 6.13. The van der Waals surface area contributed by atoms with Crippen LogP contribution in [0.5, 0.6) is 5.75 Å². The molecule has 0 unspecified atom stereocenters. The summed E-state index contributed by atoms with van der Waals surface area (Å²) < 4.78 is 46.3. The van der Waals surface area contributed by atoms with Gasteiger partial charge in [0.05, 0.1) is 21.7 Å². The van der Waals surface area contributed by atoms with Gasteiger partial charge in [-0.05, 0) is 43.3 Å². The van der Waals surface area contributed by atoms with Crippen molar-refractivity contribution in [3.05, 3.63) is 48.3 Å². The molecule has 120 valence electrons. The average Bonchev–Trinajstić information content (AvgIpc) is 2.88. The van der Waals surface area contributed by atoms with E-state index in [9.17, 15) is 12.8 Å². The van der Waals surface area contributed by atoms with E-state index in [0.717, 1.165) is 10.8 Å². The van der Waals surface area contributed by atoms with E-state index in [1.807, 2.05) is 6.92 Å². The molecule has 23 heavy (non-hydrogen) atoms. The van der Waals surface area contributed by atoms with Crippen LogP contribution in [0, 0.1) is 5.82 Å². The smallest absolute Gasteiger partial charge is 0.263 e. The Hall–Kier alpha value is -2.19. The molecule has 8 heteroatoms. The summed E-state index contributed by atoms with van der Waals surface area (Å²) in [4.78, 5) is 4.08. The molecule has 0 aliphatic carbocycles. The summed E-state index contributed by atoms with van der Waals surface area (Å²) in [6, 6.07) is 10.2. The van der Waals surface area contributed by atoms with Crippen LogP contribution >= 0.6 is 11.3 Å². The number of anilines is 1. The first-order chi connectivity index (χ1) is 11.0. The maximum Gasteiger partial charge on any atom is 0.263 e. The molecule has 0 bridgehead atoms. The van der Waals surface area contributed by atoms with Gasteiger partial charge in [0.2, 0.25) is 0 Å². The number of aromatic nitrogens is 1. The van der Waals surface area contributed by atoms with Gasteiger partial charge in [-0.25, -0.2) is 17.8 Å². The van der Waals surface area contributed by atoms with Crippen molar-refractivity contribution in [2.45, 2.75) is 11.8 Å². The molecule has 5 nitrogen and oxygen atoms in total. The van der Waals surface area contributed by atoms with Crippen molar-refractivity contribution in [1.82, 2.24) is 4.98 Å². The third kappa shape index (κ3) is 3.43. The maximum absolute atomic E-state index is 13.2. The summed E-state index contributed by atoms with van der Waals surface area (Å²) in [5.41, 5.74) is 0.662. The Balaban J connectivity index is 1.91. The highest BCUT2D eigenvalue weighted by molar-refractivity contribution is 7.93. The van der Waals surface area contributed by atoms with Crippen LogP contribution in [0.15, 0.2) is 47.4 Å². The Labute approximate surface area is 136 Å². The number of nitrogens with one attached hydrogen (secondary N) is 1. The first kappa shape index (κ1) is 15.7. The standard InChI is InChI=1S/C15H13FN2O3S2/c1-2-21-11-6-7-13-14(9-11)22-15(17-13)18-23(19,20)12-5-3-4-10(16)8-12/h3-9H,2H2,1H3,(H,17,18). The largest absolute Gasteiger partial charge is 0.494 e. The third-order valence-electron chi connectivity index (χ3n) is 3.00. The summed E-state index contributed by atoms with van der Waals surface area (Å²) in [7, 11) is -3.88. The lowest BCUT2D eigenvalue weighted by Gasteiger charge is -2.04. The minimum Gasteiger partial charge on any atom is -0.494 e. The number of ether oxygens (including phenoxy) is 1. The number of rotatable bonds is 5. The molecule has 3 aromatic rings. The van der Waals surface area contributed by atoms with Crippen molar-refractivity contribution < 1.29 is 17.5 Å². The van der Waals surface area contributed by atoms with Gasteiger partial charge in [-0.15, -0.1) is 0 Å². The van der Waals surface area contributed by atoms with Crippen molar-refractivity contribution in [1.29, 1.82) is 0 Å². The van der Waals surface area contributed by atoms with Crippen LogP contribution < -0.4 is 9.46 Å². The third-order valence-corrected chi connectivity index (χ3v) is 5.40. The summed E-state index contributed by atoms with van der Waals surface area (Å²) >= 11 is 1.19. The molecule has 1 heterocycles. The summed E-state index contributed by atoms with van der Waals surface area (Å²) in [5.74, 6) is 0.0849. The van der Waals surface area contributed by atoms with E-state index in [4.69, 9.17) is 4.74 Å². The number of thiazole rings is 1. The van der Waals surface area contributed by atoms with Crippen LogP contribution in [-0.4, -0.2) is 20.0 Å². The van der Waals surface area contributed by atoms with Crippen LogP contribution in [0.3, 0.4) is 0 Å². The van der Waals surface area contributed by atoms with Crippen LogP contribution in [0.4, 0.5) is 9.52 Å². The molecule has 1 aromatic heterocycles. The molecule has 0 amide bonds. The first-order valence-corrected chi connectivity index (χ1v) is 9.09. The molecule has 0 fully saturated rings. The average molecular weight is 352 g/mol. The normalized spacial score (nSPS) is 11.6. The summed E-state index contributed by atoms with van der Waals surface area (Å²) in [6.45, 7) is 2.43. The summed E-state index contributed by atoms with van der Waals surface area (Å²) in [5, 5.41) is 0.220. The molecule has 3 rings (SSSR count). The molecule has 2 aromatic carbocycles. The van der Waals surface area contributed by atoms with Crippen molar-refractivity contribution in [3.8, 4) is 5.75 Å². The lowest BCUT2D eigenvalue weighted by Crippen LogP contribution is -2.12. The molecule has 0 spiro atoms. The molecule has 0 aliphatic rings. The van der Waals surface area contributed by atoms with Crippen LogP contribution in [0.25, 0.3) is 10.2 Å². The van der Waals surface area contributed by atoms with Crippen molar-refractivity contribution in [2.75, 3.05) is 11.3 Å². The lowest BCUT2D eigenvalue weighted by molar-refractivity contribution is 0.341. The van der Waals surface area contributed by atoms with Crippen molar-refractivity contribution in [3.63, 3.8) is 0 Å². The van der Waals surface area contributed by atoms with Crippen LogP contribution in [-0.2, 0) is 10.0 Å². The fourth-order valence-electron chi connectivity index (χ4n) is 2.01. The van der Waals surface area contributed by atoms with E-state index in [0.29, 0.717) is 17.9 Å². The van der Waals surface area contributed by atoms with E-state index < -0.39 is 15.8 Å². The van der Waals surface area contributed by atoms with Gasteiger partial charge in [-0.2, -0.15) is 0 Å². The van der Waals surface area contributed by atoms with E-state index in [1.54, 1.807) is 18.2 Å². The van der Waals surface area contributed by atoms with Gasteiger partial charge < -0.3 is 4.74 Å². The van der Waals surface area contributed by atoms with Gasteiger partial charge >= 0.3 is 0 Å². The number of nitrogens with zero attached hydrogens (tertiary/aromatic N) is 1. The number of sulfonamides is 1. The van der Waals surface area contributed by atoms with Crippen molar-refractivity contribution >= 4 is 36.7 Å². The van der Waals surface area contributed by atoms with E-state index in [-0.39, 0.29) is 10.0 Å². The van der Waals surface area contributed by atoms with Gasteiger partial charge in [0.25, 0.3) is 10.0 Å². The highest BCUT2D eigenvalue weighted by atomic mass is 32.2. The van der Waals surface area contributed by atoms with Crippen LogP contribution in [0.2, 0.25) is 0 Å². The van der Waals surface area contributed by atoms with Gasteiger partial charge in [-0.3, -0.25) is 4.72 Å². The molecular weight excluding hydrogens is 339 g/mol. The van der Waals surface area contributed by atoms with E-state index in [1.165, 1.54) is 29.5 Å². The highest BCUT2D eigenvalue weighted by Crippen LogP contribution is 2.30. The quantitative estimate of drug-likeness (QED) is 0.761. The monoisotopic (exact) mass is 352 g/mol. The topological polar surface area (TPSA) is 68.3 Å². The summed E-state index contributed by atoms with van der Waals surface area (Å²) in [6.07, 6.45) is 0. The highest BCUT2D eigenvalue weighted by Gasteiger charge is 2.17. The second-order valence-electron chi connectivity index (χ2n) is 4.64. The van der Waals surface area contributed by atoms with E-state index >= 15 is 0 Å². The zero-order valence-electron chi connectivity index (χ0n) is 12.1. The fraction of sp³-hybridized carbons (Fsp3) is 0.133. The lowest BCUT2D eigenvalue weighted by atomic mass is 10.3. The molecule has 1 N–H and O–H groups in total. The minimum atomic E-state index is -3.88. The molecule has 0 aliphatic heterocycles. The number of benzene rings is 2. The zero-order valence-corrected chi connectivity index (χ0v) is 13.7. The number of fused-ring (bicyclic) bond motifs is 1. The van der Waals surface area contributed by atoms with Crippen molar-refractivity contribution in [2.24, 2.45) is 0 Å². The van der Waals surface area contributed by atoms with Gasteiger partial charge in [0.15, 0.2) is 5.13 Å². The zero-order chi connectivity index (χ0) is 16.4. The second-order valence-corrected chi connectivity index (χ2v) is 7.36. The minimum absolute atomic E-state index is 0.147. The molecule has 0 saturated carbocycles. The fourth-order valence-corrected chi connectivity index (χ4v) is 4.17. The molecule has 0 radical (unpaired) electrons. The molecule has 0 atom stereocenters. The Morgan fingerprint density at radius 1 is 1.26 bits per heavy atom. The predicted octanol–water partition coefficient (Wildman–Crippen LogP) is 3.63. The Morgan fingerprint density at radius 2 is 2.09 bits per heavy atom. The maximum atomic E-state index is 13.2. The Kier molecular flexibility index (Phi) is 4.18. The Morgan fingerprint density at radius 3 is 2.83 bits per heavy atom. The number of hydrogen-bond donors (Lipinski definition) is 1. The number of halogens is 1. The predicted molar refractivity (Wildman–Crippen MR) is 88.0 cm³/mol. The van der Waals surface area contributed by atoms with Gasteiger partial charge in [0, 0.05) is 0 Å². The van der Waals surface area contributed by atoms with Gasteiger partial charge in [-0.1, -0.05) is 17.4 Å². The number of hydrogen-bond acceptors (Lipinski definition) is 5. The van der Waals surface area contributed by atoms with Gasteiger partial charge in [0.1, 0.15) is 11.6 Å². The first-order valence-electron chi connectivity index (χ1n) is 6.80. The van der Waals surface area contributed by atoms with E-state index in [2.05, 4.69) is 9.71 Å². The molecule has 0 saturated heterocycles. The molecular formula is C15H13FN2O3S2.